The summed E-state index contributed by atoms with van der Waals surface area (Å²) >= 11 is 12.3. The Morgan fingerprint density at radius 3 is 2.37 bits per heavy atom. The van der Waals surface area contributed by atoms with Gasteiger partial charge in [0.2, 0.25) is 0 Å². The monoisotopic (exact) mass is 399 g/mol. The predicted molar refractivity (Wildman–Crippen MR) is 106 cm³/mol. The molecule has 2 aromatic carbocycles. The molecule has 0 fully saturated rings. The van der Waals surface area contributed by atoms with E-state index in [1.165, 1.54) is 6.33 Å². The second-order valence-electron chi connectivity index (χ2n) is 5.89. The molecule has 0 saturated carbocycles. The Bertz CT molecular complexity index is 1080. The molecule has 0 unspecified atom stereocenters. The molecule has 0 saturated heterocycles. The topological polar surface area (TPSA) is 64.3 Å². The molecule has 0 spiro atoms. The summed E-state index contributed by atoms with van der Waals surface area (Å²) in [5.41, 5.74) is 1.77. The van der Waals surface area contributed by atoms with Gasteiger partial charge in [-0.25, -0.2) is 4.98 Å². The molecule has 27 heavy (non-hydrogen) atoms. The van der Waals surface area contributed by atoms with Crippen molar-refractivity contribution in [3.8, 4) is 11.5 Å². The van der Waals surface area contributed by atoms with E-state index in [4.69, 9.17) is 27.9 Å². The Hall–Kier alpha value is -2.83. The maximum atomic E-state index is 6.38. The first-order chi connectivity index (χ1) is 13.1. The van der Waals surface area contributed by atoms with Gasteiger partial charge in [-0.2, -0.15) is 14.6 Å². The van der Waals surface area contributed by atoms with Crippen LogP contribution in [-0.2, 0) is 6.54 Å². The molecule has 0 aliphatic carbocycles. The van der Waals surface area contributed by atoms with Crippen LogP contribution in [0.4, 0.5) is 5.82 Å². The average Bonchev–Trinajstić information content (AvgIpc) is 3.13. The van der Waals surface area contributed by atoms with Crippen molar-refractivity contribution in [1.29, 1.82) is 0 Å². The number of nitrogens with zero attached hydrogens (tertiary/aromatic N) is 4. The van der Waals surface area contributed by atoms with Gasteiger partial charge in [-0.05, 0) is 48.9 Å². The summed E-state index contributed by atoms with van der Waals surface area (Å²) in [4.78, 5) is 8.41. The summed E-state index contributed by atoms with van der Waals surface area (Å²) < 4.78 is 7.39. The van der Waals surface area contributed by atoms with E-state index in [2.05, 4.69) is 20.4 Å². The summed E-state index contributed by atoms with van der Waals surface area (Å²) in [5, 5.41) is 8.67. The minimum absolute atomic E-state index is 0.506. The normalized spacial score (nSPS) is 10.9. The van der Waals surface area contributed by atoms with E-state index in [9.17, 15) is 0 Å². The SMILES string of the molecule is Cc1nc2ncnn2c(NCc2ccc(Oc3ccc(Cl)cc3)cc2)c1Cl. The number of ether oxygens (including phenoxy) is 1. The van der Waals surface area contributed by atoms with Gasteiger partial charge in [-0.3, -0.25) is 0 Å². The molecule has 0 amide bonds. The van der Waals surface area contributed by atoms with Gasteiger partial charge < -0.3 is 10.1 Å². The van der Waals surface area contributed by atoms with Gasteiger partial charge in [0.1, 0.15) is 22.8 Å². The third kappa shape index (κ3) is 3.82. The van der Waals surface area contributed by atoms with E-state index < -0.39 is 0 Å². The Labute approximate surface area is 165 Å². The number of halogens is 2. The van der Waals surface area contributed by atoms with E-state index in [0.717, 1.165) is 17.1 Å². The fourth-order valence-electron chi connectivity index (χ4n) is 2.59. The highest BCUT2D eigenvalue weighted by molar-refractivity contribution is 6.33. The molecule has 0 aliphatic rings. The van der Waals surface area contributed by atoms with E-state index in [1.54, 1.807) is 16.6 Å². The third-order valence-electron chi connectivity index (χ3n) is 3.97. The zero-order valence-electron chi connectivity index (χ0n) is 14.4. The standard InChI is InChI=1S/C19H15Cl2N5O/c1-12-17(21)18(26-19(25-12)23-11-24-26)22-10-13-2-6-15(7-3-13)27-16-8-4-14(20)5-9-16/h2-9,11,22H,10H2,1H3. The summed E-state index contributed by atoms with van der Waals surface area (Å²) in [6.07, 6.45) is 1.45. The van der Waals surface area contributed by atoms with Gasteiger partial charge in [0, 0.05) is 11.6 Å². The largest absolute Gasteiger partial charge is 0.457 e. The summed E-state index contributed by atoms with van der Waals surface area (Å²) in [5.74, 6) is 2.65. The molecule has 4 aromatic rings. The predicted octanol–water partition coefficient (Wildman–Crippen LogP) is 5.14. The number of aromatic nitrogens is 4. The Morgan fingerprint density at radius 2 is 1.67 bits per heavy atom. The fourth-order valence-corrected chi connectivity index (χ4v) is 2.90. The Balaban J connectivity index is 1.47. The Morgan fingerprint density at radius 1 is 1.00 bits per heavy atom. The van der Waals surface area contributed by atoms with Crippen molar-refractivity contribution in [1.82, 2.24) is 19.6 Å². The highest BCUT2D eigenvalue weighted by Crippen LogP contribution is 2.26. The van der Waals surface area contributed by atoms with Gasteiger partial charge in [0.25, 0.3) is 5.78 Å². The van der Waals surface area contributed by atoms with Crippen LogP contribution in [-0.4, -0.2) is 19.6 Å². The Kier molecular flexibility index (Phi) is 4.83. The lowest BCUT2D eigenvalue weighted by molar-refractivity contribution is 0.482. The van der Waals surface area contributed by atoms with Gasteiger partial charge in [-0.1, -0.05) is 35.3 Å². The van der Waals surface area contributed by atoms with Gasteiger partial charge >= 0.3 is 0 Å². The van der Waals surface area contributed by atoms with Crippen molar-refractivity contribution in [3.05, 3.63) is 76.2 Å². The van der Waals surface area contributed by atoms with Crippen molar-refractivity contribution >= 4 is 34.8 Å². The molecule has 2 heterocycles. The fraction of sp³-hybridized carbons (Fsp3) is 0.105. The molecule has 0 atom stereocenters. The first-order valence-electron chi connectivity index (χ1n) is 8.22. The summed E-state index contributed by atoms with van der Waals surface area (Å²) in [7, 11) is 0. The van der Waals surface area contributed by atoms with Crippen LogP contribution in [0, 0.1) is 6.92 Å². The second kappa shape index (κ2) is 7.42. The van der Waals surface area contributed by atoms with Crippen molar-refractivity contribution in [3.63, 3.8) is 0 Å². The molecule has 1 N–H and O–H groups in total. The number of hydrogen-bond acceptors (Lipinski definition) is 5. The number of hydrogen-bond donors (Lipinski definition) is 1. The van der Waals surface area contributed by atoms with E-state index in [1.807, 2.05) is 43.3 Å². The van der Waals surface area contributed by atoms with E-state index in [-0.39, 0.29) is 0 Å². The minimum atomic E-state index is 0.506. The minimum Gasteiger partial charge on any atom is -0.457 e. The average molecular weight is 400 g/mol. The van der Waals surface area contributed by atoms with Crippen LogP contribution in [0.15, 0.2) is 54.9 Å². The number of anilines is 1. The van der Waals surface area contributed by atoms with Crippen LogP contribution in [0.5, 0.6) is 11.5 Å². The van der Waals surface area contributed by atoms with E-state index >= 15 is 0 Å². The number of aryl methyl sites for hydroxylation is 1. The third-order valence-corrected chi connectivity index (χ3v) is 4.67. The molecule has 136 valence electrons. The van der Waals surface area contributed by atoms with Gasteiger partial charge in [0.05, 0.1) is 5.69 Å². The lowest BCUT2D eigenvalue weighted by atomic mass is 10.2. The lowest BCUT2D eigenvalue weighted by Gasteiger charge is -2.12. The van der Waals surface area contributed by atoms with Crippen LogP contribution < -0.4 is 10.1 Å². The van der Waals surface area contributed by atoms with Crippen molar-refractivity contribution in [2.75, 3.05) is 5.32 Å². The summed E-state index contributed by atoms with van der Waals surface area (Å²) in [6.45, 7) is 2.41. The van der Waals surface area contributed by atoms with Gasteiger partial charge in [-0.15, -0.1) is 0 Å². The zero-order valence-corrected chi connectivity index (χ0v) is 15.9. The number of fused-ring (bicyclic) bond motifs is 1. The molecule has 6 nitrogen and oxygen atoms in total. The number of nitrogens with one attached hydrogen (secondary N) is 1. The first-order valence-corrected chi connectivity index (χ1v) is 8.98. The van der Waals surface area contributed by atoms with Gasteiger partial charge in [0.15, 0.2) is 5.82 Å². The van der Waals surface area contributed by atoms with Crippen LogP contribution >= 0.6 is 23.2 Å². The van der Waals surface area contributed by atoms with Crippen LogP contribution in [0.2, 0.25) is 10.0 Å². The number of rotatable bonds is 5. The molecule has 8 heteroatoms. The van der Waals surface area contributed by atoms with Crippen molar-refractivity contribution in [2.24, 2.45) is 0 Å². The smallest absolute Gasteiger partial charge is 0.254 e. The van der Waals surface area contributed by atoms with Crippen LogP contribution in [0.25, 0.3) is 5.78 Å². The second-order valence-corrected chi connectivity index (χ2v) is 6.70. The highest BCUT2D eigenvalue weighted by Gasteiger charge is 2.12. The van der Waals surface area contributed by atoms with E-state index in [0.29, 0.717) is 33.9 Å². The maximum absolute atomic E-state index is 6.38. The zero-order chi connectivity index (χ0) is 18.8. The summed E-state index contributed by atoms with van der Waals surface area (Å²) in [6, 6.07) is 15.0. The molecular formula is C19H15Cl2N5O. The lowest BCUT2D eigenvalue weighted by Crippen LogP contribution is -2.08. The molecule has 0 aliphatic heterocycles. The van der Waals surface area contributed by atoms with Crippen molar-refractivity contribution in [2.45, 2.75) is 13.5 Å². The molecule has 2 aromatic heterocycles. The highest BCUT2D eigenvalue weighted by atomic mass is 35.5. The number of benzene rings is 2. The van der Waals surface area contributed by atoms with Crippen LogP contribution in [0.1, 0.15) is 11.3 Å². The molecule has 0 bridgehead atoms. The quantitative estimate of drug-likeness (QED) is 0.502. The first kappa shape index (κ1) is 17.6. The molecule has 0 radical (unpaired) electrons. The van der Waals surface area contributed by atoms with Crippen LogP contribution in [0.3, 0.4) is 0 Å². The maximum Gasteiger partial charge on any atom is 0.254 e. The molecular weight excluding hydrogens is 385 g/mol. The van der Waals surface area contributed by atoms with Crippen molar-refractivity contribution < 1.29 is 4.74 Å². The molecule has 4 rings (SSSR count).